The van der Waals surface area contributed by atoms with Crippen molar-refractivity contribution in [2.24, 2.45) is 0 Å². The van der Waals surface area contributed by atoms with E-state index >= 15 is 0 Å². The molecular weight excluding hydrogens is 305 g/mol. The van der Waals surface area contributed by atoms with Crippen molar-refractivity contribution in [2.75, 3.05) is 11.9 Å². The van der Waals surface area contributed by atoms with Crippen molar-refractivity contribution in [3.63, 3.8) is 0 Å². The quantitative estimate of drug-likeness (QED) is 0.878. The van der Waals surface area contributed by atoms with Crippen molar-refractivity contribution >= 4 is 40.8 Å². The summed E-state index contributed by atoms with van der Waals surface area (Å²) in [5, 5.41) is 3.22. The van der Waals surface area contributed by atoms with Crippen LogP contribution in [-0.4, -0.2) is 18.5 Å². The van der Waals surface area contributed by atoms with Crippen molar-refractivity contribution in [3.8, 4) is 0 Å². The van der Waals surface area contributed by atoms with Gasteiger partial charge in [0.2, 0.25) is 5.76 Å². The summed E-state index contributed by atoms with van der Waals surface area (Å²) in [5.74, 6) is -1.17. The summed E-state index contributed by atoms with van der Waals surface area (Å²) in [4.78, 5) is 23.0. The third kappa shape index (κ3) is 3.76. The Morgan fingerprint density at radius 3 is 2.65 bits per heavy atom. The Labute approximate surface area is 124 Å². The largest absolute Gasteiger partial charge is 0.457 e. The highest BCUT2D eigenvalue weighted by molar-refractivity contribution is 6.42. The zero-order valence-corrected chi connectivity index (χ0v) is 11.6. The van der Waals surface area contributed by atoms with Gasteiger partial charge in [0.25, 0.3) is 5.91 Å². The van der Waals surface area contributed by atoms with E-state index in [0.29, 0.717) is 15.7 Å². The van der Waals surface area contributed by atoms with Crippen LogP contribution in [0.1, 0.15) is 10.6 Å². The summed E-state index contributed by atoms with van der Waals surface area (Å²) in [6.45, 7) is -0.431. The topological polar surface area (TPSA) is 68.5 Å². The number of rotatable bonds is 4. The summed E-state index contributed by atoms with van der Waals surface area (Å²) in [6, 6.07) is 7.62. The van der Waals surface area contributed by atoms with Crippen LogP contribution in [0.3, 0.4) is 0 Å². The van der Waals surface area contributed by atoms with Crippen molar-refractivity contribution in [1.82, 2.24) is 0 Å². The van der Waals surface area contributed by atoms with Crippen LogP contribution < -0.4 is 5.32 Å². The van der Waals surface area contributed by atoms with E-state index in [0.717, 1.165) is 0 Å². The van der Waals surface area contributed by atoms with E-state index in [-0.39, 0.29) is 5.76 Å². The highest BCUT2D eigenvalue weighted by atomic mass is 35.5. The Kier molecular flexibility index (Phi) is 4.65. The molecule has 0 radical (unpaired) electrons. The highest BCUT2D eigenvalue weighted by Crippen LogP contribution is 2.24. The minimum Gasteiger partial charge on any atom is -0.457 e. The Balaban J connectivity index is 1.86. The fourth-order valence-corrected chi connectivity index (χ4v) is 1.67. The van der Waals surface area contributed by atoms with E-state index in [9.17, 15) is 9.59 Å². The number of hydrogen-bond donors (Lipinski definition) is 1. The molecule has 7 heteroatoms. The molecule has 20 heavy (non-hydrogen) atoms. The third-order valence-corrected chi connectivity index (χ3v) is 3.00. The lowest BCUT2D eigenvalue weighted by Crippen LogP contribution is -2.20. The monoisotopic (exact) mass is 313 g/mol. The normalized spacial score (nSPS) is 10.1. The minimum absolute atomic E-state index is 0.0346. The van der Waals surface area contributed by atoms with Crippen LogP contribution in [0.15, 0.2) is 41.0 Å². The van der Waals surface area contributed by atoms with Crippen molar-refractivity contribution < 1.29 is 18.7 Å². The average molecular weight is 314 g/mol. The van der Waals surface area contributed by atoms with Gasteiger partial charge in [0.05, 0.1) is 16.3 Å². The highest BCUT2D eigenvalue weighted by Gasteiger charge is 2.12. The molecule has 0 saturated carbocycles. The van der Waals surface area contributed by atoms with Crippen LogP contribution in [0, 0.1) is 0 Å². The number of benzene rings is 1. The number of anilines is 1. The summed E-state index contributed by atoms with van der Waals surface area (Å²) >= 11 is 11.6. The lowest BCUT2D eigenvalue weighted by Gasteiger charge is -2.06. The second-order valence-electron chi connectivity index (χ2n) is 3.73. The summed E-state index contributed by atoms with van der Waals surface area (Å²) in [5.41, 5.74) is 0.457. The van der Waals surface area contributed by atoms with Gasteiger partial charge in [-0.1, -0.05) is 23.2 Å². The Morgan fingerprint density at radius 1 is 1.20 bits per heavy atom. The predicted octanol–water partition coefficient (Wildman–Crippen LogP) is 3.38. The molecule has 1 amide bonds. The van der Waals surface area contributed by atoms with Crippen LogP contribution in [0.2, 0.25) is 10.0 Å². The first kappa shape index (κ1) is 14.4. The Morgan fingerprint density at radius 2 is 2.00 bits per heavy atom. The summed E-state index contributed by atoms with van der Waals surface area (Å²) in [7, 11) is 0. The van der Waals surface area contributed by atoms with Crippen LogP contribution in [0.25, 0.3) is 0 Å². The molecule has 0 unspecified atom stereocenters. The first-order chi connectivity index (χ1) is 9.56. The molecule has 1 heterocycles. The maximum Gasteiger partial charge on any atom is 0.374 e. The van der Waals surface area contributed by atoms with E-state index in [2.05, 4.69) is 5.32 Å². The van der Waals surface area contributed by atoms with Gasteiger partial charge in [0.1, 0.15) is 0 Å². The molecule has 104 valence electrons. The molecule has 0 spiro atoms. The van der Waals surface area contributed by atoms with Gasteiger partial charge < -0.3 is 14.5 Å². The zero-order chi connectivity index (χ0) is 14.5. The van der Waals surface area contributed by atoms with E-state index in [4.69, 9.17) is 32.4 Å². The minimum atomic E-state index is -0.709. The molecule has 0 fully saturated rings. The summed E-state index contributed by atoms with van der Waals surface area (Å²) < 4.78 is 9.61. The Bertz CT molecular complexity index is 625. The molecule has 2 rings (SSSR count). The molecule has 0 aliphatic carbocycles. The number of furan rings is 1. The van der Waals surface area contributed by atoms with E-state index < -0.39 is 18.5 Å². The van der Waals surface area contributed by atoms with Gasteiger partial charge >= 0.3 is 5.97 Å². The lowest BCUT2D eigenvalue weighted by atomic mass is 10.3. The molecular formula is C13H9Cl2NO4. The van der Waals surface area contributed by atoms with E-state index in [1.54, 1.807) is 18.2 Å². The van der Waals surface area contributed by atoms with Crippen molar-refractivity contribution in [2.45, 2.75) is 0 Å². The predicted molar refractivity (Wildman–Crippen MR) is 74.1 cm³/mol. The van der Waals surface area contributed by atoms with Crippen LogP contribution in [0.4, 0.5) is 5.69 Å². The van der Waals surface area contributed by atoms with Gasteiger partial charge in [0.15, 0.2) is 6.61 Å². The fourth-order valence-electron chi connectivity index (χ4n) is 1.37. The van der Waals surface area contributed by atoms with Gasteiger partial charge in [0, 0.05) is 5.69 Å². The van der Waals surface area contributed by atoms with Crippen molar-refractivity contribution in [1.29, 1.82) is 0 Å². The average Bonchev–Trinajstić information content (AvgIpc) is 2.94. The molecule has 2 aromatic rings. The number of esters is 1. The van der Waals surface area contributed by atoms with Gasteiger partial charge in [-0.25, -0.2) is 4.79 Å². The first-order valence-electron chi connectivity index (χ1n) is 5.52. The standard InChI is InChI=1S/C13H9Cl2NO4/c14-9-4-3-8(6-10(9)15)16-12(17)7-20-13(18)11-2-1-5-19-11/h1-6H,7H2,(H,16,17). The first-order valence-corrected chi connectivity index (χ1v) is 6.27. The summed E-state index contributed by atoms with van der Waals surface area (Å²) in [6.07, 6.45) is 1.34. The Hall–Kier alpha value is -1.98. The number of amides is 1. The maximum absolute atomic E-state index is 11.6. The molecule has 0 bridgehead atoms. The SMILES string of the molecule is O=C(COC(=O)c1ccco1)Nc1ccc(Cl)c(Cl)c1. The second-order valence-corrected chi connectivity index (χ2v) is 4.54. The molecule has 1 aromatic carbocycles. The molecule has 0 aliphatic heterocycles. The number of halogens is 2. The van der Waals surface area contributed by atoms with Crippen LogP contribution >= 0.6 is 23.2 Å². The number of hydrogen-bond acceptors (Lipinski definition) is 4. The van der Waals surface area contributed by atoms with Crippen molar-refractivity contribution in [3.05, 3.63) is 52.4 Å². The zero-order valence-electron chi connectivity index (χ0n) is 10.1. The molecule has 5 nitrogen and oxygen atoms in total. The van der Waals surface area contributed by atoms with E-state index in [1.165, 1.54) is 18.4 Å². The van der Waals surface area contributed by atoms with Gasteiger partial charge in [-0.15, -0.1) is 0 Å². The number of nitrogens with one attached hydrogen (secondary N) is 1. The third-order valence-electron chi connectivity index (χ3n) is 2.26. The smallest absolute Gasteiger partial charge is 0.374 e. The number of ether oxygens (including phenoxy) is 1. The number of carbonyl (C=O) groups is 2. The second kappa shape index (κ2) is 6.45. The van der Waals surface area contributed by atoms with E-state index in [1.807, 2.05) is 0 Å². The molecule has 1 N–H and O–H groups in total. The molecule has 0 saturated heterocycles. The van der Waals surface area contributed by atoms with Crippen LogP contribution in [-0.2, 0) is 9.53 Å². The fraction of sp³-hybridized carbons (Fsp3) is 0.0769. The molecule has 0 aliphatic rings. The van der Waals surface area contributed by atoms with Gasteiger partial charge in [-0.3, -0.25) is 4.79 Å². The molecule has 0 atom stereocenters. The van der Waals surface area contributed by atoms with Crippen LogP contribution in [0.5, 0.6) is 0 Å². The van der Waals surface area contributed by atoms with Gasteiger partial charge in [-0.2, -0.15) is 0 Å². The van der Waals surface area contributed by atoms with Gasteiger partial charge in [-0.05, 0) is 30.3 Å². The lowest BCUT2D eigenvalue weighted by molar-refractivity contribution is -0.119. The molecule has 1 aromatic heterocycles. The maximum atomic E-state index is 11.6. The number of carbonyl (C=O) groups excluding carboxylic acids is 2.